The zero-order valence-corrected chi connectivity index (χ0v) is 21.8. The molecule has 1 saturated heterocycles. The smallest absolute Gasteiger partial charge is 0.255 e. The molecule has 8 heteroatoms. The predicted octanol–water partition coefficient (Wildman–Crippen LogP) is 5.79. The lowest BCUT2D eigenvalue weighted by molar-refractivity contribution is -0.133. The fraction of sp³-hybridized carbons (Fsp3) is 0.357. The van der Waals surface area contributed by atoms with E-state index in [1.165, 1.54) is 11.0 Å². The van der Waals surface area contributed by atoms with Gasteiger partial charge in [-0.05, 0) is 62.1 Å². The van der Waals surface area contributed by atoms with Gasteiger partial charge in [0.05, 0.1) is 23.2 Å². The largest absolute Gasteiger partial charge is 0.464 e. The minimum Gasteiger partial charge on any atom is -0.464 e. The van der Waals surface area contributed by atoms with Crippen LogP contribution in [0.3, 0.4) is 0 Å². The Morgan fingerprint density at radius 3 is 2.50 bits per heavy atom. The number of ether oxygens (including phenoxy) is 1. The van der Waals surface area contributed by atoms with E-state index >= 15 is 0 Å². The number of furan rings is 1. The third kappa shape index (κ3) is 7.12. The van der Waals surface area contributed by atoms with Gasteiger partial charge in [-0.15, -0.1) is 0 Å². The lowest BCUT2D eigenvalue weighted by Crippen LogP contribution is -2.46. The van der Waals surface area contributed by atoms with Crippen molar-refractivity contribution in [2.45, 2.75) is 38.8 Å². The van der Waals surface area contributed by atoms with Crippen LogP contribution < -0.4 is 0 Å². The molecular weight excluding hydrogens is 499 g/mol. The van der Waals surface area contributed by atoms with E-state index < -0.39 is 0 Å². The van der Waals surface area contributed by atoms with E-state index in [0.29, 0.717) is 49.0 Å². The van der Waals surface area contributed by atoms with E-state index in [1.807, 2.05) is 49.4 Å². The van der Waals surface area contributed by atoms with Gasteiger partial charge in [-0.1, -0.05) is 53.5 Å². The Labute approximate surface area is 221 Å². The molecule has 1 aromatic heterocycles. The first-order chi connectivity index (χ1) is 17.4. The van der Waals surface area contributed by atoms with E-state index in [4.69, 9.17) is 32.4 Å². The molecule has 1 aliphatic heterocycles. The Balaban J connectivity index is 1.54. The molecule has 1 atom stereocenters. The summed E-state index contributed by atoms with van der Waals surface area (Å²) in [4.78, 5) is 30.4. The summed E-state index contributed by atoms with van der Waals surface area (Å²) in [5, 5.41) is 0.698. The van der Waals surface area contributed by atoms with Gasteiger partial charge in [0.1, 0.15) is 18.1 Å². The molecule has 1 aliphatic rings. The minimum absolute atomic E-state index is 0.0911. The number of benzene rings is 2. The number of hydrogen-bond acceptors (Lipinski definition) is 4. The molecule has 0 N–H and O–H groups in total. The predicted molar refractivity (Wildman–Crippen MR) is 140 cm³/mol. The normalized spacial score (nSPS) is 15.1. The van der Waals surface area contributed by atoms with Crippen molar-refractivity contribution in [2.75, 3.05) is 26.2 Å². The van der Waals surface area contributed by atoms with Gasteiger partial charge >= 0.3 is 0 Å². The molecule has 3 aromatic rings. The first-order valence-corrected chi connectivity index (χ1v) is 12.9. The quantitative estimate of drug-likeness (QED) is 0.334. The summed E-state index contributed by atoms with van der Waals surface area (Å²) < 4.78 is 11.5. The number of carbonyl (C=O) groups excluding carboxylic acids is 2. The van der Waals surface area contributed by atoms with Gasteiger partial charge in [0.15, 0.2) is 0 Å². The zero-order valence-electron chi connectivity index (χ0n) is 20.3. The van der Waals surface area contributed by atoms with Gasteiger partial charge in [-0.2, -0.15) is 0 Å². The van der Waals surface area contributed by atoms with Crippen LogP contribution in [0.5, 0.6) is 0 Å². The van der Waals surface area contributed by atoms with Gasteiger partial charge in [0.2, 0.25) is 5.91 Å². The average Bonchev–Trinajstić information content (AvgIpc) is 3.53. The molecule has 1 unspecified atom stereocenters. The van der Waals surface area contributed by atoms with E-state index in [-0.39, 0.29) is 29.5 Å². The minimum atomic E-state index is -0.322. The molecule has 36 heavy (non-hydrogen) atoms. The molecule has 0 saturated carbocycles. The molecule has 0 bridgehead atoms. The second-order valence-corrected chi connectivity index (χ2v) is 9.85. The SMILES string of the molecule is Cc1ccc(CN(CCc2ccccc2)C(=O)CN(CC2CCCO2)C(=O)c2ccc(Cl)cc2Cl)o1. The molecule has 0 aliphatic carbocycles. The second-order valence-electron chi connectivity index (χ2n) is 9.01. The Kier molecular flexibility index (Phi) is 9.08. The summed E-state index contributed by atoms with van der Waals surface area (Å²) in [7, 11) is 0. The van der Waals surface area contributed by atoms with E-state index in [1.54, 1.807) is 17.0 Å². The molecule has 0 spiro atoms. The van der Waals surface area contributed by atoms with Crippen molar-refractivity contribution < 1.29 is 18.7 Å². The monoisotopic (exact) mass is 528 g/mol. The molecule has 2 aromatic carbocycles. The van der Waals surface area contributed by atoms with Gasteiger partial charge in [-0.25, -0.2) is 0 Å². The highest BCUT2D eigenvalue weighted by atomic mass is 35.5. The maximum Gasteiger partial charge on any atom is 0.255 e. The fourth-order valence-corrected chi connectivity index (χ4v) is 4.80. The maximum atomic E-state index is 13.6. The van der Waals surface area contributed by atoms with Gasteiger partial charge in [-0.3, -0.25) is 9.59 Å². The summed E-state index contributed by atoms with van der Waals surface area (Å²) in [6.45, 7) is 3.57. The Morgan fingerprint density at radius 1 is 1.03 bits per heavy atom. The highest BCUT2D eigenvalue weighted by Crippen LogP contribution is 2.24. The van der Waals surface area contributed by atoms with Crippen LogP contribution >= 0.6 is 23.2 Å². The number of halogens is 2. The van der Waals surface area contributed by atoms with Crippen LogP contribution in [0.4, 0.5) is 0 Å². The van der Waals surface area contributed by atoms with Crippen molar-refractivity contribution in [3.8, 4) is 0 Å². The summed E-state index contributed by atoms with van der Waals surface area (Å²) in [5.41, 5.74) is 1.44. The second kappa shape index (κ2) is 12.4. The van der Waals surface area contributed by atoms with Gasteiger partial charge in [0.25, 0.3) is 5.91 Å². The first-order valence-electron chi connectivity index (χ1n) is 12.1. The number of nitrogens with zero attached hydrogens (tertiary/aromatic N) is 2. The van der Waals surface area contributed by atoms with Crippen LogP contribution in [0.2, 0.25) is 10.0 Å². The number of rotatable bonds is 10. The Morgan fingerprint density at radius 2 is 1.83 bits per heavy atom. The highest BCUT2D eigenvalue weighted by molar-refractivity contribution is 6.36. The molecular formula is C28H30Cl2N2O4. The van der Waals surface area contributed by atoms with Crippen LogP contribution in [-0.2, 0) is 22.5 Å². The van der Waals surface area contributed by atoms with Crippen LogP contribution in [0.25, 0.3) is 0 Å². The van der Waals surface area contributed by atoms with E-state index in [2.05, 4.69) is 0 Å². The molecule has 6 nitrogen and oxygen atoms in total. The van der Waals surface area contributed by atoms with Crippen molar-refractivity contribution in [1.29, 1.82) is 0 Å². The number of amides is 2. The number of carbonyl (C=O) groups is 2. The van der Waals surface area contributed by atoms with Gasteiger partial charge in [0, 0.05) is 24.7 Å². The van der Waals surface area contributed by atoms with Gasteiger partial charge < -0.3 is 19.0 Å². The number of hydrogen-bond donors (Lipinski definition) is 0. The van der Waals surface area contributed by atoms with Crippen molar-refractivity contribution in [2.24, 2.45) is 0 Å². The fourth-order valence-electron chi connectivity index (χ4n) is 4.31. The summed E-state index contributed by atoms with van der Waals surface area (Å²) in [6, 6.07) is 18.5. The molecule has 190 valence electrons. The summed E-state index contributed by atoms with van der Waals surface area (Å²) in [6.07, 6.45) is 2.35. The Bertz CT molecular complexity index is 1180. The number of aryl methyl sites for hydroxylation is 1. The zero-order chi connectivity index (χ0) is 25.5. The topological polar surface area (TPSA) is 63.0 Å². The molecule has 0 radical (unpaired) electrons. The van der Waals surface area contributed by atoms with Crippen LogP contribution in [-0.4, -0.2) is 54.0 Å². The van der Waals surface area contributed by atoms with Crippen LogP contribution in [0.1, 0.15) is 40.3 Å². The van der Waals surface area contributed by atoms with Crippen molar-refractivity contribution in [1.82, 2.24) is 9.80 Å². The molecule has 2 heterocycles. The standard InChI is InChI=1S/C28H30Cl2N2O4/c1-20-9-11-24(36-20)18-31(14-13-21-6-3-2-4-7-21)27(33)19-32(17-23-8-5-15-35-23)28(34)25-12-10-22(29)16-26(25)30/h2-4,6-7,9-12,16,23H,5,8,13-15,17-19H2,1H3. The summed E-state index contributed by atoms with van der Waals surface area (Å²) in [5.74, 6) is 0.994. The molecule has 1 fully saturated rings. The molecule has 4 rings (SSSR count). The first kappa shape index (κ1) is 26.3. The van der Waals surface area contributed by atoms with Crippen molar-refractivity contribution >= 4 is 35.0 Å². The van der Waals surface area contributed by atoms with E-state index in [9.17, 15) is 9.59 Å². The lowest BCUT2D eigenvalue weighted by Gasteiger charge is -2.29. The third-order valence-electron chi connectivity index (χ3n) is 6.23. The molecule has 2 amide bonds. The summed E-state index contributed by atoms with van der Waals surface area (Å²) >= 11 is 12.4. The van der Waals surface area contributed by atoms with E-state index in [0.717, 1.165) is 24.2 Å². The van der Waals surface area contributed by atoms with Crippen molar-refractivity contribution in [3.63, 3.8) is 0 Å². The van der Waals surface area contributed by atoms with Crippen LogP contribution in [0, 0.1) is 6.92 Å². The van der Waals surface area contributed by atoms with Crippen LogP contribution in [0.15, 0.2) is 65.1 Å². The maximum absolute atomic E-state index is 13.6. The third-order valence-corrected chi connectivity index (χ3v) is 6.78. The highest BCUT2D eigenvalue weighted by Gasteiger charge is 2.28. The average molecular weight is 529 g/mol. The Hall–Kier alpha value is -2.80. The van der Waals surface area contributed by atoms with Crippen molar-refractivity contribution in [3.05, 3.63) is 93.4 Å². The lowest BCUT2D eigenvalue weighted by atomic mass is 10.1.